The van der Waals surface area contributed by atoms with Crippen LogP contribution in [0.3, 0.4) is 0 Å². The highest BCUT2D eigenvalue weighted by molar-refractivity contribution is 8.01. The summed E-state index contributed by atoms with van der Waals surface area (Å²) in [6, 6.07) is 16.8. The smallest absolute Gasteiger partial charge is 0.266 e. The van der Waals surface area contributed by atoms with Gasteiger partial charge in [-0.25, -0.2) is 9.88 Å². The van der Waals surface area contributed by atoms with Crippen LogP contribution in [0.1, 0.15) is 31.1 Å². The van der Waals surface area contributed by atoms with Crippen LogP contribution in [0.15, 0.2) is 65.0 Å². The van der Waals surface area contributed by atoms with Crippen molar-refractivity contribution in [3.63, 3.8) is 0 Å². The number of Topliss-reactive ketones (excluding diaryl/α,β-unsaturated/α-hetero) is 1. The minimum absolute atomic E-state index is 0.123. The lowest BCUT2D eigenvalue weighted by molar-refractivity contribution is 0.0925. The number of nitrogens with zero attached hydrogens (tertiary/aromatic N) is 2. The molecule has 0 fully saturated rings. The largest absolute Gasteiger partial charge is 0.293 e. The minimum Gasteiger partial charge on any atom is -0.293 e. The van der Waals surface area contributed by atoms with E-state index in [-0.39, 0.29) is 23.4 Å². The van der Waals surface area contributed by atoms with E-state index in [0.717, 1.165) is 10.2 Å². The molecule has 1 aliphatic rings. The predicted molar refractivity (Wildman–Crippen MR) is 129 cm³/mol. The molecule has 5 rings (SSSR count). The molecule has 0 unspecified atom stereocenters. The molecule has 2 heterocycles. The van der Waals surface area contributed by atoms with Crippen LogP contribution >= 0.6 is 46.3 Å². The van der Waals surface area contributed by atoms with Gasteiger partial charge in [0, 0.05) is 10.6 Å². The van der Waals surface area contributed by atoms with E-state index < -0.39 is 0 Å². The summed E-state index contributed by atoms with van der Waals surface area (Å²) in [6.07, 6.45) is 0. The lowest BCUT2D eigenvalue weighted by Crippen LogP contribution is -2.29. The molecule has 3 aromatic carbocycles. The number of anilines is 1. The number of carbonyl (C=O) groups is 3. The maximum atomic E-state index is 12.7. The molecule has 5 nitrogen and oxygen atoms in total. The van der Waals surface area contributed by atoms with Crippen molar-refractivity contribution in [1.29, 1.82) is 0 Å². The van der Waals surface area contributed by atoms with Crippen LogP contribution in [0, 0.1) is 0 Å². The van der Waals surface area contributed by atoms with Crippen molar-refractivity contribution in [3.8, 4) is 0 Å². The highest BCUT2D eigenvalue weighted by Gasteiger charge is 2.36. The van der Waals surface area contributed by atoms with E-state index >= 15 is 0 Å². The Morgan fingerprint density at radius 2 is 1.69 bits per heavy atom. The third-order valence-electron chi connectivity index (χ3n) is 4.96. The molecular weight excluding hydrogens is 487 g/mol. The van der Waals surface area contributed by atoms with Crippen molar-refractivity contribution in [1.82, 2.24) is 4.98 Å². The van der Waals surface area contributed by atoms with Crippen molar-refractivity contribution < 1.29 is 14.4 Å². The summed E-state index contributed by atoms with van der Waals surface area (Å²) < 4.78 is 1.52. The Morgan fingerprint density at radius 3 is 2.38 bits per heavy atom. The van der Waals surface area contributed by atoms with Crippen molar-refractivity contribution in [2.24, 2.45) is 0 Å². The van der Waals surface area contributed by atoms with Gasteiger partial charge < -0.3 is 0 Å². The molecule has 0 saturated carbocycles. The van der Waals surface area contributed by atoms with Gasteiger partial charge in [0.05, 0.1) is 37.8 Å². The number of benzene rings is 3. The normalized spacial score (nSPS) is 13.1. The summed E-state index contributed by atoms with van der Waals surface area (Å²) in [5.74, 6) is -0.626. The predicted octanol–water partition coefficient (Wildman–Crippen LogP) is 6.38. The second-order valence-electron chi connectivity index (χ2n) is 6.96. The fraction of sp³-hybridized carbons (Fsp3) is 0.0435. The molecule has 32 heavy (non-hydrogen) atoms. The molecule has 2 amide bonds. The average molecular weight is 499 g/mol. The fourth-order valence-corrected chi connectivity index (χ4v) is 5.94. The monoisotopic (exact) mass is 498 g/mol. The molecule has 1 aromatic heterocycles. The van der Waals surface area contributed by atoms with Gasteiger partial charge in [-0.3, -0.25) is 14.4 Å². The summed E-state index contributed by atoms with van der Waals surface area (Å²) in [4.78, 5) is 43.7. The summed E-state index contributed by atoms with van der Waals surface area (Å²) in [6.45, 7) is 0. The SMILES string of the molecule is O=C(CSc1nc2ccc(N3C(=O)c4ccccc4C3=O)cc2s1)c1ccc(Cl)cc1Cl. The molecule has 0 N–H and O–H groups in total. The van der Waals surface area contributed by atoms with E-state index in [0.29, 0.717) is 36.8 Å². The van der Waals surface area contributed by atoms with Gasteiger partial charge in [-0.15, -0.1) is 11.3 Å². The first kappa shape index (κ1) is 21.2. The van der Waals surface area contributed by atoms with E-state index in [1.807, 2.05) is 0 Å². The lowest BCUT2D eigenvalue weighted by Gasteiger charge is -2.13. The topological polar surface area (TPSA) is 67.3 Å². The Bertz CT molecular complexity index is 1400. The number of hydrogen-bond acceptors (Lipinski definition) is 6. The Labute approximate surface area is 201 Å². The number of imide groups is 1. The van der Waals surface area contributed by atoms with Crippen LogP contribution in [-0.4, -0.2) is 28.3 Å². The van der Waals surface area contributed by atoms with E-state index in [4.69, 9.17) is 23.2 Å². The van der Waals surface area contributed by atoms with Gasteiger partial charge in [0.2, 0.25) is 0 Å². The number of amides is 2. The highest BCUT2D eigenvalue weighted by Crippen LogP contribution is 2.35. The van der Waals surface area contributed by atoms with E-state index in [2.05, 4.69) is 4.98 Å². The first-order valence-corrected chi connectivity index (χ1v) is 12.0. The summed E-state index contributed by atoms with van der Waals surface area (Å²) in [5, 5.41) is 0.789. The van der Waals surface area contributed by atoms with Crippen LogP contribution in [0.2, 0.25) is 10.0 Å². The first-order chi connectivity index (χ1) is 15.4. The summed E-state index contributed by atoms with van der Waals surface area (Å²) in [5.41, 5.74) is 2.44. The number of ketones is 1. The fourth-order valence-electron chi connectivity index (χ4n) is 3.44. The number of thiazole rings is 1. The second kappa shape index (κ2) is 8.33. The molecule has 0 saturated heterocycles. The number of rotatable bonds is 5. The van der Waals surface area contributed by atoms with Crippen LogP contribution in [0.4, 0.5) is 5.69 Å². The number of halogens is 2. The number of thioether (sulfide) groups is 1. The Hall–Kier alpha value is -2.71. The van der Waals surface area contributed by atoms with E-state index in [1.165, 1.54) is 28.0 Å². The van der Waals surface area contributed by atoms with Gasteiger partial charge in [-0.05, 0) is 48.5 Å². The van der Waals surface area contributed by atoms with Gasteiger partial charge in [0.15, 0.2) is 10.1 Å². The quantitative estimate of drug-likeness (QED) is 0.181. The van der Waals surface area contributed by atoms with Crippen molar-refractivity contribution >= 4 is 79.8 Å². The number of carbonyl (C=O) groups excluding carboxylic acids is 3. The Morgan fingerprint density at radius 1 is 0.969 bits per heavy atom. The molecule has 0 aliphatic carbocycles. The molecule has 0 atom stereocenters. The molecule has 1 aliphatic heterocycles. The van der Waals surface area contributed by atoms with Crippen molar-refractivity contribution in [3.05, 3.63) is 87.4 Å². The number of hydrogen-bond donors (Lipinski definition) is 0. The zero-order valence-corrected chi connectivity index (χ0v) is 19.3. The zero-order chi connectivity index (χ0) is 22.4. The average Bonchev–Trinajstić information content (AvgIpc) is 3.30. The van der Waals surface area contributed by atoms with Gasteiger partial charge in [-0.2, -0.15) is 0 Å². The maximum absolute atomic E-state index is 12.7. The van der Waals surface area contributed by atoms with E-state index in [1.54, 1.807) is 60.7 Å². The zero-order valence-electron chi connectivity index (χ0n) is 16.2. The highest BCUT2D eigenvalue weighted by atomic mass is 35.5. The minimum atomic E-state index is -0.338. The lowest BCUT2D eigenvalue weighted by atomic mass is 10.1. The summed E-state index contributed by atoms with van der Waals surface area (Å²) >= 11 is 14.7. The van der Waals surface area contributed by atoms with Gasteiger partial charge in [0.1, 0.15) is 0 Å². The van der Waals surface area contributed by atoms with Crippen LogP contribution in [-0.2, 0) is 0 Å². The number of aromatic nitrogens is 1. The van der Waals surface area contributed by atoms with E-state index in [9.17, 15) is 14.4 Å². The molecule has 158 valence electrons. The molecular formula is C23H12Cl2N2O3S2. The molecule has 0 spiro atoms. The van der Waals surface area contributed by atoms with Crippen molar-refractivity contribution in [2.75, 3.05) is 10.7 Å². The van der Waals surface area contributed by atoms with Crippen LogP contribution in [0.5, 0.6) is 0 Å². The van der Waals surface area contributed by atoms with Gasteiger partial charge in [0.25, 0.3) is 11.8 Å². The van der Waals surface area contributed by atoms with Gasteiger partial charge >= 0.3 is 0 Å². The standard InChI is InChI=1S/C23H12Cl2N2O3S2/c24-12-5-7-16(17(25)9-12)19(28)11-31-23-26-18-8-6-13(10-20(18)32-23)27-21(29)14-3-1-2-4-15(14)22(27)30/h1-10H,11H2. The third kappa shape index (κ3) is 3.71. The van der Waals surface area contributed by atoms with Crippen molar-refractivity contribution in [2.45, 2.75) is 4.34 Å². The third-order valence-corrected chi connectivity index (χ3v) is 7.67. The second-order valence-corrected chi connectivity index (χ2v) is 10.1. The first-order valence-electron chi connectivity index (χ1n) is 9.42. The maximum Gasteiger partial charge on any atom is 0.266 e. The molecule has 0 bridgehead atoms. The molecule has 4 aromatic rings. The Kier molecular flexibility index (Phi) is 5.51. The number of fused-ring (bicyclic) bond motifs is 2. The van der Waals surface area contributed by atoms with Crippen LogP contribution in [0.25, 0.3) is 10.2 Å². The molecule has 9 heteroatoms. The molecule has 0 radical (unpaired) electrons. The van der Waals surface area contributed by atoms with Gasteiger partial charge in [-0.1, -0.05) is 47.1 Å². The summed E-state index contributed by atoms with van der Waals surface area (Å²) in [7, 11) is 0. The Balaban J connectivity index is 1.36. The van der Waals surface area contributed by atoms with Crippen LogP contribution < -0.4 is 4.90 Å².